The van der Waals surface area contributed by atoms with Crippen LogP contribution in [0.5, 0.6) is 0 Å². The number of amides is 1. The van der Waals surface area contributed by atoms with E-state index in [1.807, 2.05) is 0 Å². The number of carbonyl (C=O) groups is 1. The maximum atomic E-state index is 13.4. The Morgan fingerprint density at radius 3 is 2.65 bits per heavy atom. The Bertz CT molecular complexity index is 763. The molecule has 0 saturated carbocycles. The van der Waals surface area contributed by atoms with E-state index in [0.717, 1.165) is 38.1 Å². The normalized spacial score (nSPS) is 16.0. The molecule has 3 rings (SSSR count). The maximum absolute atomic E-state index is 13.4. The minimum absolute atomic E-state index is 0. The predicted molar refractivity (Wildman–Crippen MR) is 95.3 cm³/mol. The molecule has 1 aliphatic rings. The lowest BCUT2D eigenvalue weighted by atomic mass is 10.1. The molecule has 1 atom stereocenters. The lowest BCUT2D eigenvalue weighted by Gasteiger charge is -2.24. The van der Waals surface area contributed by atoms with E-state index in [1.165, 1.54) is 11.0 Å². The van der Waals surface area contributed by atoms with Crippen LogP contribution in [0.1, 0.15) is 47.9 Å². The zero-order valence-electron chi connectivity index (χ0n) is 14.7. The van der Waals surface area contributed by atoms with E-state index in [0.29, 0.717) is 5.56 Å². The Labute approximate surface area is 157 Å². The number of hydrogen-bond acceptors (Lipinski definition) is 4. The Morgan fingerprint density at radius 1 is 1.31 bits per heavy atom. The lowest BCUT2D eigenvalue weighted by molar-refractivity contribution is 0.0736. The van der Waals surface area contributed by atoms with Gasteiger partial charge in [0.05, 0.1) is 18.3 Å². The molecule has 26 heavy (non-hydrogen) atoms. The van der Waals surface area contributed by atoms with Gasteiger partial charge in [-0.25, -0.2) is 13.5 Å². The summed E-state index contributed by atoms with van der Waals surface area (Å²) in [6.45, 7) is 3.59. The van der Waals surface area contributed by atoms with Gasteiger partial charge in [-0.05, 0) is 50.6 Å². The van der Waals surface area contributed by atoms with E-state index < -0.39 is 17.7 Å². The van der Waals surface area contributed by atoms with Crippen molar-refractivity contribution in [3.8, 4) is 0 Å². The van der Waals surface area contributed by atoms with Crippen molar-refractivity contribution < 1.29 is 13.6 Å². The maximum Gasteiger partial charge on any atom is 0.276 e. The molecule has 2 heterocycles. The smallest absolute Gasteiger partial charge is 0.276 e. The van der Waals surface area contributed by atoms with Crippen LogP contribution in [0, 0.1) is 11.6 Å². The van der Waals surface area contributed by atoms with E-state index in [-0.39, 0.29) is 30.0 Å². The highest BCUT2D eigenvalue weighted by molar-refractivity contribution is 5.92. The van der Waals surface area contributed by atoms with Crippen molar-refractivity contribution in [2.75, 3.05) is 20.1 Å². The van der Waals surface area contributed by atoms with Gasteiger partial charge in [0.1, 0.15) is 0 Å². The van der Waals surface area contributed by atoms with Crippen LogP contribution in [-0.2, 0) is 0 Å². The molecule has 1 aromatic heterocycles. The van der Waals surface area contributed by atoms with E-state index in [9.17, 15) is 13.6 Å². The minimum Gasteiger partial charge on any atom is -0.334 e. The molecule has 2 aromatic rings. The zero-order chi connectivity index (χ0) is 18.0. The van der Waals surface area contributed by atoms with Crippen LogP contribution >= 0.6 is 12.4 Å². The number of halogens is 3. The summed E-state index contributed by atoms with van der Waals surface area (Å²) in [6, 6.07) is 3.46. The quantitative estimate of drug-likeness (QED) is 0.879. The summed E-state index contributed by atoms with van der Waals surface area (Å²) in [6.07, 6.45) is 3.54. The molecule has 1 saturated heterocycles. The van der Waals surface area contributed by atoms with Gasteiger partial charge in [0.25, 0.3) is 5.91 Å². The van der Waals surface area contributed by atoms with Crippen LogP contribution in [0.3, 0.4) is 0 Å². The fraction of sp³-hybridized carbons (Fsp3) is 0.471. The number of hydrogen-bond donors (Lipinski definition) is 1. The van der Waals surface area contributed by atoms with Gasteiger partial charge in [-0.2, -0.15) is 0 Å². The summed E-state index contributed by atoms with van der Waals surface area (Å²) in [5, 5.41) is 11.4. The number of nitrogens with zero attached hydrogens (tertiary/aromatic N) is 4. The van der Waals surface area contributed by atoms with Crippen molar-refractivity contribution in [1.82, 2.24) is 25.2 Å². The van der Waals surface area contributed by atoms with E-state index in [4.69, 9.17) is 0 Å². The average molecular weight is 386 g/mol. The molecule has 1 aliphatic heterocycles. The molecule has 0 aliphatic carbocycles. The highest BCUT2D eigenvalue weighted by Gasteiger charge is 2.24. The topological polar surface area (TPSA) is 63.1 Å². The molecular weight excluding hydrogens is 364 g/mol. The molecule has 1 amide bonds. The highest BCUT2D eigenvalue weighted by atomic mass is 35.5. The van der Waals surface area contributed by atoms with Crippen molar-refractivity contribution in [1.29, 1.82) is 0 Å². The standard InChI is InChI=1S/C17H21F2N5O.ClH/c1-11(12-3-4-14(18)15(19)9-12)23(2)17(25)16-10-24(22-21-16)13-5-7-20-8-6-13;/h3-4,9-11,13,20H,5-8H2,1-2H3;1H. The molecule has 0 bridgehead atoms. The predicted octanol–water partition coefficient (Wildman–Crippen LogP) is 2.74. The highest BCUT2D eigenvalue weighted by Crippen LogP contribution is 2.23. The van der Waals surface area contributed by atoms with E-state index >= 15 is 0 Å². The first kappa shape index (κ1) is 20.3. The van der Waals surface area contributed by atoms with Gasteiger partial charge in [0, 0.05) is 7.05 Å². The first-order valence-electron chi connectivity index (χ1n) is 8.32. The Kier molecular flexibility index (Phi) is 6.66. The fourth-order valence-electron chi connectivity index (χ4n) is 2.98. The Morgan fingerprint density at radius 2 is 2.00 bits per heavy atom. The van der Waals surface area contributed by atoms with Crippen LogP contribution in [0.2, 0.25) is 0 Å². The summed E-state index contributed by atoms with van der Waals surface area (Å²) in [7, 11) is 1.61. The van der Waals surface area contributed by atoms with Crippen LogP contribution in [0.4, 0.5) is 8.78 Å². The van der Waals surface area contributed by atoms with E-state index in [1.54, 1.807) is 24.9 Å². The number of piperidine rings is 1. The van der Waals surface area contributed by atoms with Crippen LogP contribution in [0.15, 0.2) is 24.4 Å². The third kappa shape index (κ3) is 4.19. The van der Waals surface area contributed by atoms with Crippen LogP contribution in [0.25, 0.3) is 0 Å². The average Bonchev–Trinajstić information content (AvgIpc) is 3.13. The second kappa shape index (κ2) is 8.55. The second-order valence-electron chi connectivity index (χ2n) is 6.33. The monoisotopic (exact) mass is 385 g/mol. The molecule has 1 fully saturated rings. The van der Waals surface area contributed by atoms with Gasteiger partial charge >= 0.3 is 0 Å². The van der Waals surface area contributed by atoms with Crippen molar-refractivity contribution in [3.05, 3.63) is 47.3 Å². The molecule has 142 valence electrons. The minimum atomic E-state index is -0.929. The summed E-state index contributed by atoms with van der Waals surface area (Å²) in [4.78, 5) is 14.1. The lowest BCUT2D eigenvalue weighted by Crippen LogP contribution is -2.30. The van der Waals surface area contributed by atoms with Crippen molar-refractivity contribution in [2.45, 2.75) is 31.8 Å². The summed E-state index contributed by atoms with van der Waals surface area (Å²) >= 11 is 0. The number of nitrogens with one attached hydrogen (secondary N) is 1. The van der Waals surface area contributed by atoms with Crippen molar-refractivity contribution in [3.63, 3.8) is 0 Å². The van der Waals surface area contributed by atoms with Gasteiger partial charge in [0.2, 0.25) is 0 Å². The van der Waals surface area contributed by atoms with Gasteiger partial charge < -0.3 is 10.2 Å². The Hall–Kier alpha value is -2.06. The largest absolute Gasteiger partial charge is 0.334 e. The zero-order valence-corrected chi connectivity index (χ0v) is 15.5. The molecule has 1 aromatic carbocycles. The number of benzene rings is 1. The van der Waals surface area contributed by atoms with Crippen LogP contribution in [-0.4, -0.2) is 45.9 Å². The fourth-order valence-corrected chi connectivity index (χ4v) is 2.98. The molecule has 6 nitrogen and oxygen atoms in total. The molecule has 1 N–H and O–H groups in total. The summed E-state index contributed by atoms with van der Waals surface area (Å²) in [5.41, 5.74) is 0.760. The third-order valence-corrected chi connectivity index (χ3v) is 4.74. The first-order chi connectivity index (χ1) is 12.0. The van der Waals surface area contributed by atoms with Gasteiger partial charge in [0.15, 0.2) is 17.3 Å². The summed E-state index contributed by atoms with van der Waals surface area (Å²) in [5.74, 6) is -2.14. The Balaban J connectivity index is 0.00000243. The van der Waals surface area contributed by atoms with Gasteiger partial charge in [-0.15, -0.1) is 17.5 Å². The number of aromatic nitrogens is 3. The van der Waals surface area contributed by atoms with Crippen molar-refractivity contribution in [2.24, 2.45) is 0 Å². The first-order valence-corrected chi connectivity index (χ1v) is 8.32. The van der Waals surface area contributed by atoms with E-state index in [2.05, 4.69) is 15.6 Å². The molecule has 0 radical (unpaired) electrons. The van der Waals surface area contributed by atoms with Crippen LogP contribution < -0.4 is 5.32 Å². The number of rotatable bonds is 4. The third-order valence-electron chi connectivity index (χ3n) is 4.74. The van der Waals surface area contributed by atoms with Gasteiger partial charge in [-0.1, -0.05) is 11.3 Å². The molecule has 1 unspecified atom stereocenters. The molecule has 9 heteroatoms. The molecular formula is C17H22ClF2N5O. The van der Waals surface area contributed by atoms with Crippen molar-refractivity contribution >= 4 is 18.3 Å². The second-order valence-corrected chi connectivity index (χ2v) is 6.33. The number of carbonyl (C=O) groups excluding carboxylic acids is 1. The summed E-state index contributed by atoms with van der Waals surface area (Å²) < 4.78 is 28.3. The molecule has 0 spiro atoms. The SMILES string of the molecule is CC(c1ccc(F)c(F)c1)N(C)C(=O)c1cn(C2CCNCC2)nn1.Cl. The van der Waals surface area contributed by atoms with Gasteiger partial charge in [-0.3, -0.25) is 4.79 Å².